The van der Waals surface area contributed by atoms with Gasteiger partial charge in [-0.1, -0.05) is 60.7 Å². The number of ether oxygens (including phenoxy) is 1. The number of nitrogens with zero attached hydrogens (tertiary/aromatic N) is 4. The van der Waals surface area contributed by atoms with E-state index in [0.717, 1.165) is 11.1 Å². The lowest BCUT2D eigenvalue weighted by Crippen LogP contribution is -2.44. The molecule has 0 aliphatic rings. The average molecular weight is 444 g/mol. The number of aromatic nitrogens is 4. The topological polar surface area (TPSA) is 111 Å². The minimum atomic E-state index is -0.794. The van der Waals surface area contributed by atoms with E-state index in [2.05, 4.69) is 25.6 Å². The Bertz CT molecular complexity index is 1230. The van der Waals surface area contributed by atoms with Gasteiger partial charge in [-0.05, 0) is 11.1 Å². The van der Waals surface area contributed by atoms with Crippen LogP contribution in [0, 0.1) is 0 Å². The summed E-state index contributed by atoms with van der Waals surface area (Å²) in [5.41, 5.74) is 3.11. The Morgan fingerprint density at radius 2 is 1.67 bits per heavy atom. The van der Waals surface area contributed by atoms with Crippen LogP contribution in [0.1, 0.15) is 11.1 Å². The smallest absolute Gasteiger partial charge is 0.328 e. The number of carbonyl (C=O) groups is 2. The highest BCUT2D eigenvalue weighted by molar-refractivity contribution is 5.87. The van der Waals surface area contributed by atoms with Gasteiger partial charge in [-0.15, -0.1) is 0 Å². The minimum absolute atomic E-state index is 0.0477. The molecule has 0 aliphatic carbocycles. The maximum absolute atomic E-state index is 12.7. The molecule has 9 heteroatoms. The van der Waals surface area contributed by atoms with Gasteiger partial charge in [0.1, 0.15) is 24.4 Å². The van der Waals surface area contributed by atoms with E-state index in [4.69, 9.17) is 4.74 Å². The Balaban J connectivity index is 1.45. The fourth-order valence-electron chi connectivity index (χ4n) is 3.49. The predicted octanol–water partition coefficient (Wildman–Crippen LogP) is 2.34. The summed E-state index contributed by atoms with van der Waals surface area (Å²) < 4.78 is 6.49. The van der Waals surface area contributed by atoms with E-state index in [0.29, 0.717) is 29.9 Å². The van der Waals surface area contributed by atoms with Crippen molar-refractivity contribution < 1.29 is 14.3 Å². The summed E-state index contributed by atoms with van der Waals surface area (Å²) in [6.07, 6.45) is 3.30. The van der Waals surface area contributed by atoms with E-state index in [1.807, 2.05) is 60.7 Å². The SMILES string of the molecule is COC(=O)[C@H](Cc1ccccc1)NC(=O)Cn1cnc2c(NCc3ccccc3)ncnc21. The van der Waals surface area contributed by atoms with Gasteiger partial charge in [-0.25, -0.2) is 19.7 Å². The number of carbonyl (C=O) groups excluding carboxylic acids is 2. The van der Waals surface area contributed by atoms with Gasteiger partial charge in [0.25, 0.3) is 0 Å². The molecule has 33 heavy (non-hydrogen) atoms. The number of benzene rings is 2. The van der Waals surface area contributed by atoms with Crippen molar-refractivity contribution in [3.8, 4) is 0 Å². The third-order valence-corrected chi connectivity index (χ3v) is 5.12. The Labute approximate surface area is 190 Å². The molecule has 0 saturated heterocycles. The number of fused-ring (bicyclic) bond motifs is 1. The van der Waals surface area contributed by atoms with Crippen molar-refractivity contribution >= 4 is 28.9 Å². The Morgan fingerprint density at radius 3 is 2.36 bits per heavy atom. The van der Waals surface area contributed by atoms with Gasteiger partial charge in [0.2, 0.25) is 5.91 Å². The Morgan fingerprint density at radius 1 is 0.970 bits per heavy atom. The predicted molar refractivity (Wildman–Crippen MR) is 123 cm³/mol. The quantitative estimate of drug-likeness (QED) is 0.381. The molecule has 0 spiro atoms. The van der Waals surface area contributed by atoms with E-state index in [1.165, 1.54) is 19.8 Å². The van der Waals surface area contributed by atoms with E-state index in [9.17, 15) is 9.59 Å². The molecule has 168 valence electrons. The monoisotopic (exact) mass is 444 g/mol. The molecule has 0 aliphatic heterocycles. The second-order valence-corrected chi connectivity index (χ2v) is 7.44. The van der Waals surface area contributed by atoms with Crippen molar-refractivity contribution in [2.24, 2.45) is 0 Å². The van der Waals surface area contributed by atoms with Crippen LogP contribution in [0.25, 0.3) is 11.2 Å². The van der Waals surface area contributed by atoms with Crippen molar-refractivity contribution in [3.63, 3.8) is 0 Å². The summed E-state index contributed by atoms with van der Waals surface area (Å²) in [5.74, 6) is -0.269. The highest BCUT2D eigenvalue weighted by Crippen LogP contribution is 2.18. The van der Waals surface area contributed by atoms with Crippen LogP contribution in [-0.2, 0) is 33.8 Å². The van der Waals surface area contributed by atoms with Crippen molar-refractivity contribution in [3.05, 3.63) is 84.4 Å². The number of esters is 1. The molecule has 2 heterocycles. The van der Waals surface area contributed by atoms with Crippen LogP contribution < -0.4 is 10.6 Å². The van der Waals surface area contributed by atoms with E-state index in [1.54, 1.807) is 4.57 Å². The molecule has 9 nitrogen and oxygen atoms in total. The molecule has 2 N–H and O–H groups in total. The molecule has 2 aromatic carbocycles. The van der Waals surface area contributed by atoms with Gasteiger partial charge in [0.05, 0.1) is 13.4 Å². The number of anilines is 1. The largest absolute Gasteiger partial charge is 0.467 e. The van der Waals surface area contributed by atoms with Crippen LogP contribution in [0.5, 0.6) is 0 Å². The van der Waals surface area contributed by atoms with Crippen molar-refractivity contribution in [2.75, 3.05) is 12.4 Å². The normalized spacial score (nSPS) is 11.7. The molecule has 1 amide bonds. The molecule has 1 atom stereocenters. The molecule has 0 bridgehead atoms. The Kier molecular flexibility index (Phi) is 6.89. The van der Waals surface area contributed by atoms with Crippen molar-refractivity contribution in [1.29, 1.82) is 0 Å². The number of methoxy groups -OCH3 is 1. The fourth-order valence-corrected chi connectivity index (χ4v) is 3.49. The summed E-state index contributed by atoms with van der Waals surface area (Å²) >= 11 is 0. The van der Waals surface area contributed by atoms with Crippen molar-refractivity contribution in [1.82, 2.24) is 24.8 Å². The zero-order valence-electron chi connectivity index (χ0n) is 18.1. The van der Waals surface area contributed by atoms with Crippen LogP contribution in [0.4, 0.5) is 5.82 Å². The number of hydrogen-bond donors (Lipinski definition) is 2. The lowest BCUT2D eigenvalue weighted by molar-refractivity contribution is -0.145. The first-order valence-corrected chi connectivity index (χ1v) is 10.5. The zero-order valence-corrected chi connectivity index (χ0v) is 18.1. The molecule has 4 rings (SSSR count). The third-order valence-electron chi connectivity index (χ3n) is 5.12. The second-order valence-electron chi connectivity index (χ2n) is 7.44. The highest BCUT2D eigenvalue weighted by atomic mass is 16.5. The average Bonchev–Trinajstić information content (AvgIpc) is 3.26. The lowest BCUT2D eigenvalue weighted by Gasteiger charge is -2.17. The molecule has 0 radical (unpaired) electrons. The first-order chi connectivity index (χ1) is 16.1. The van der Waals surface area contributed by atoms with E-state index < -0.39 is 12.0 Å². The van der Waals surface area contributed by atoms with Crippen LogP contribution in [-0.4, -0.2) is 44.5 Å². The number of nitrogens with one attached hydrogen (secondary N) is 2. The highest BCUT2D eigenvalue weighted by Gasteiger charge is 2.22. The van der Waals surface area contributed by atoms with Gasteiger partial charge in [0.15, 0.2) is 11.5 Å². The standard InChI is InChI=1S/C24H24N6O3/c1-33-24(32)19(12-17-8-4-2-5-9-17)29-20(31)14-30-16-28-21-22(26-15-27-23(21)30)25-13-18-10-6-3-7-11-18/h2-11,15-16,19H,12-14H2,1H3,(H,29,31)(H,25,26,27)/t19-/m0/s1. The lowest BCUT2D eigenvalue weighted by atomic mass is 10.1. The van der Waals surface area contributed by atoms with Crippen LogP contribution >= 0.6 is 0 Å². The van der Waals surface area contributed by atoms with E-state index in [-0.39, 0.29) is 12.5 Å². The van der Waals surface area contributed by atoms with Gasteiger partial charge in [-0.3, -0.25) is 4.79 Å². The number of imidazole rings is 1. The van der Waals surface area contributed by atoms with Crippen LogP contribution in [0.15, 0.2) is 73.3 Å². The maximum Gasteiger partial charge on any atom is 0.328 e. The number of hydrogen-bond acceptors (Lipinski definition) is 7. The Hall–Kier alpha value is -4.27. The third kappa shape index (κ3) is 5.51. The summed E-state index contributed by atoms with van der Waals surface area (Å²) in [6, 6.07) is 18.6. The van der Waals surface area contributed by atoms with Crippen LogP contribution in [0.2, 0.25) is 0 Å². The van der Waals surface area contributed by atoms with Gasteiger partial charge >= 0.3 is 5.97 Å². The number of amides is 1. The number of rotatable bonds is 9. The second kappa shape index (κ2) is 10.4. The molecular formula is C24H24N6O3. The fraction of sp³-hybridized carbons (Fsp3) is 0.208. The van der Waals surface area contributed by atoms with Gasteiger partial charge in [0, 0.05) is 13.0 Å². The summed E-state index contributed by atoms with van der Waals surface area (Å²) in [7, 11) is 1.30. The van der Waals surface area contributed by atoms with Crippen LogP contribution in [0.3, 0.4) is 0 Å². The summed E-state index contributed by atoms with van der Waals surface area (Å²) in [4.78, 5) is 37.9. The first-order valence-electron chi connectivity index (χ1n) is 10.5. The minimum Gasteiger partial charge on any atom is -0.467 e. The molecule has 0 saturated carbocycles. The maximum atomic E-state index is 12.7. The molecule has 4 aromatic rings. The summed E-state index contributed by atoms with van der Waals surface area (Å²) in [5, 5.41) is 6.02. The molecular weight excluding hydrogens is 420 g/mol. The van der Waals surface area contributed by atoms with Gasteiger partial charge < -0.3 is 19.9 Å². The molecule has 0 fully saturated rings. The van der Waals surface area contributed by atoms with Gasteiger partial charge in [-0.2, -0.15) is 0 Å². The molecule has 0 unspecified atom stereocenters. The first kappa shape index (κ1) is 21.9. The molecule has 2 aromatic heterocycles. The summed E-state index contributed by atoms with van der Waals surface area (Å²) in [6.45, 7) is 0.536. The van der Waals surface area contributed by atoms with E-state index >= 15 is 0 Å². The van der Waals surface area contributed by atoms with Crippen molar-refractivity contribution in [2.45, 2.75) is 25.6 Å². The zero-order chi connectivity index (χ0) is 23.0.